The molecule has 19 heavy (non-hydrogen) atoms. The Kier molecular flexibility index (Phi) is 6.99. The summed E-state index contributed by atoms with van der Waals surface area (Å²) in [6.45, 7) is 6.54. The van der Waals surface area contributed by atoms with Crippen LogP contribution in [0.1, 0.15) is 24.5 Å². The molecule has 0 radical (unpaired) electrons. The molecule has 0 unspecified atom stereocenters. The maximum absolute atomic E-state index is 5.60. The fraction of sp³-hybridized carbons (Fsp3) is 0.533. The van der Waals surface area contributed by atoms with Gasteiger partial charge >= 0.3 is 0 Å². The summed E-state index contributed by atoms with van der Waals surface area (Å²) in [6.07, 6.45) is 1.20. The zero-order valence-electron chi connectivity index (χ0n) is 12.2. The molecule has 0 atom stereocenters. The van der Waals surface area contributed by atoms with Crippen molar-refractivity contribution in [2.24, 2.45) is 5.73 Å². The number of benzene rings is 1. The zero-order chi connectivity index (χ0) is 14.3. The molecule has 0 amide bonds. The summed E-state index contributed by atoms with van der Waals surface area (Å²) in [5.74, 6) is 0. The fourth-order valence-electron chi connectivity index (χ4n) is 1.99. The van der Waals surface area contributed by atoms with Crippen molar-refractivity contribution in [1.82, 2.24) is 9.80 Å². The summed E-state index contributed by atoms with van der Waals surface area (Å²) in [5, 5.41) is 0. The standard InChI is InChI=1S/C15H25N3S/c1-4-18(11-5-10-17(2)3)12-13-6-8-14(9-7-13)15(16)19/h6-9H,4-5,10-12H2,1-3H3,(H2,16,19). The van der Waals surface area contributed by atoms with Crippen molar-refractivity contribution in [3.05, 3.63) is 35.4 Å². The van der Waals surface area contributed by atoms with Crippen LogP contribution >= 0.6 is 12.2 Å². The van der Waals surface area contributed by atoms with Gasteiger partial charge < -0.3 is 10.6 Å². The highest BCUT2D eigenvalue weighted by Crippen LogP contribution is 2.08. The van der Waals surface area contributed by atoms with Gasteiger partial charge in [0.2, 0.25) is 0 Å². The normalized spacial score (nSPS) is 11.2. The van der Waals surface area contributed by atoms with Crippen LogP contribution in [0.4, 0.5) is 0 Å². The number of rotatable bonds is 8. The van der Waals surface area contributed by atoms with Crippen LogP contribution in [-0.2, 0) is 6.54 Å². The van der Waals surface area contributed by atoms with Gasteiger partial charge in [0, 0.05) is 12.1 Å². The van der Waals surface area contributed by atoms with E-state index < -0.39 is 0 Å². The Morgan fingerprint density at radius 2 is 1.79 bits per heavy atom. The second-order valence-corrected chi connectivity index (χ2v) is 5.53. The smallest absolute Gasteiger partial charge is 0.103 e. The second-order valence-electron chi connectivity index (χ2n) is 5.09. The van der Waals surface area contributed by atoms with Crippen LogP contribution in [0.25, 0.3) is 0 Å². The van der Waals surface area contributed by atoms with Crippen LogP contribution in [0.15, 0.2) is 24.3 Å². The first-order chi connectivity index (χ1) is 9.02. The molecule has 2 N–H and O–H groups in total. The molecule has 0 aliphatic rings. The average molecular weight is 279 g/mol. The molecule has 1 rings (SSSR count). The molecule has 1 aromatic rings. The molecule has 0 aromatic heterocycles. The largest absolute Gasteiger partial charge is 0.389 e. The van der Waals surface area contributed by atoms with Crippen LogP contribution < -0.4 is 5.73 Å². The van der Waals surface area contributed by atoms with E-state index in [2.05, 4.69) is 43.0 Å². The highest BCUT2D eigenvalue weighted by Gasteiger charge is 2.04. The van der Waals surface area contributed by atoms with Crippen molar-refractivity contribution >= 4 is 17.2 Å². The van der Waals surface area contributed by atoms with E-state index in [9.17, 15) is 0 Å². The summed E-state index contributed by atoms with van der Waals surface area (Å²) < 4.78 is 0. The van der Waals surface area contributed by atoms with E-state index in [1.54, 1.807) is 0 Å². The molecule has 106 valence electrons. The lowest BCUT2D eigenvalue weighted by molar-refractivity contribution is 0.259. The van der Waals surface area contributed by atoms with Gasteiger partial charge in [-0.05, 0) is 45.7 Å². The number of hydrogen-bond acceptors (Lipinski definition) is 3. The van der Waals surface area contributed by atoms with Crippen LogP contribution in [0.3, 0.4) is 0 Å². The number of hydrogen-bond donors (Lipinski definition) is 1. The van der Waals surface area contributed by atoms with Crippen LogP contribution in [0, 0.1) is 0 Å². The van der Waals surface area contributed by atoms with Crippen LogP contribution in [0.5, 0.6) is 0 Å². The Morgan fingerprint density at radius 1 is 1.16 bits per heavy atom. The molecule has 0 aliphatic carbocycles. The maximum atomic E-state index is 5.60. The Morgan fingerprint density at radius 3 is 2.26 bits per heavy atom. The van der Waals surface area contributed by atoms with Crippen molar-refractivity contribution < 1.29 is 0 Å². The van der Waals surface area contributed by atoms with Crippen molar-refractivity contribution in [2.75, 3.05) is 33.7 Å². The quantitative estimate of drug-likeness (QED) is 0.739. The molecule has 0 fully saturated rings. The van der Waals surface area contributed by atoms with E-state index in [-0.39, 0.29) is 0 Å². The van der Waals surface area contributed by atoms with Gasteiger partial charge in [-0.2, -0.15) is 0 Å². The predicted octanol–water partition coefficient (Wildman–Crippen LogP) is 2.09. The molecule has 0 heterocycles. The molecule has 0 saturated heterocycles. The third-order valence-electron chi connectivity index (χ3n) is 3.17. The van der Waals surface area contributed by atoms with Gasteiger partial charge in [0.1, 0.15) is 4.99 Å². The summed E-state index contributed by atoms with van der Waals surface area (Å²) in [7, 11) is 4.23. The van der Waals surface area contributed by atoms with Gasteiger partial charge in [-0.15, -0.1) is 0 Å². The Labute approximate surface area is 122 Å². The lowest BCUT2D eigenvalue weighted by Gasteiger charge is -2.21. The molecule has 3 nitrogen and oxygen atoms in total. The lowest BCUT2D eigenvalue weighted by Crippen LogP contribution is -2.26. The van der Waals surface area contributed by atoms with E-state index in [1.807, 2.05) is 12.1 Å². The molecular weight excluding hydrogens is 254 g/mol. The van der Waals surface area contributed by atoms with Gasteiger partial charge in [-0.3, -0.25) is 4.90 Å². The van der Waals surface area contributed by atoms with Gasteiger partial charge in [-0.1, -0.05) is 43.4 Å². The van der Waals surface area contributed by atoms with Gasteiger partial charge in [-0.25, -0.2) is 0 Å². The molecule has 0 aliphatic heterocycles. The van der Waals surface area contributed by atoms with Gasteiger partial charge in [0.15, 0.2) is 0 Å². The first-order valence-electron chi connectivity index (χ1n) is 6.78. The number of thiocarbonyl (C=S) groups is 1. The monoisotopic (exact) mass is 279 g/mol. The molecule has 0 saturated carbocycles. The SMILES string of the molecule is CCN(CCCN(C)C)Cc1ccc(C(N)=S)cc1. The van der Waals surface area contributed by atoms with E-state index in [0.717, 1.165) is 31.7 Å². The second kappa shape index (κ2) is 8.25. The van der Waals surface area contributed by atoms with E-state index in [1.165, 1.54) is 12.0 Å². The van der Waals surface area contributed by atoms with Crippen molar-refractivity contribution in [3.63, 3.8) is 0 Å². The summed E-state index contributed by atoms with van der Waals surface area (Å²) in [5.41, 5.74) is 7.85. The van der Waals surface area contributed by atoms with Crippen molar-refractivity contribution in [2.45, 2.75) is 19.9 Å². The minimum absolute atomic E-state index is 0.463. The molecule has 4 heteroatoms. The third kappa shape index (κ3) is 6.14. The maximum Gasteiger partial charge on any atom is 0.103 e. The highest BCUT2D eigenvalue weighted by atomic mass is 32.1. The zero-order valence-corrected chi connectivity index (χ0v) is 13.0. The number of nitrogens with two attached hydrogens (primary N) is 1. The minimum atomic E-state index is 0.463. The van der Waals surface area contributed by atoms with Gasteiger partial charge in [0.05, 0.1) is 0 Å². The molecule has 0 bridgehead atoms. The number of nitrogens with zero attached hydrogens (tertiary/aromatic N) is 2. The van der Waals surface area contributed by atoms with Crippen molar-refractivity contribution in [3.8, 4) is 0 Å². The fourth-order valence-corrected chi connectivity index (χ4v) is 2.13. The van der Waals surface area contributed by atoms with E-state index in [0.29, 0.717) is 4.99 Å². The lowest BCUT2D eigenvalue weighted by atomic mass is 10.1. The first-order valence-corrected chi connectivity index (χ1v) is 7.19. The van der Waals surface area contributed by atoms with E-state index >= 15 is 0 Å². The Balaban J connectivity index is 2.48. The topological polar surface area (TPSA) is 32.5 Å². The summed E-state index contributed by atoms with van der Waals surface area (Å²) >= 11 is 4.96. The van der Waals surface area contributed by atoms with Gasteiger partial charge in [0.25, 0.3) is 0 Å². The minimum Gasteiger partial charge on any atom is -0.389 e. The molecular formula is C15H25N3S. The van der Waals surface area contributed by atoms with Crippen LogP contribution in [0.2, 0.25) is 0 Å². The van der Waals surface area contributed by atoms with E-state index in [4.69, 9.17) is 18.0 Å². The predicted molar refractivity (Wildman–Crippen MR) is 86.5 cm³/mol. The summed E-state index contributed by atoms with van der Waals surface area (Å²) in [4.78, 5) is 5.15. The molecule has 1 aromatic carbocycles. The average Bonchev–Trinajstić information content (AvgIpc) is 2.37. The first kappa shape index (κ1) is 16.1. The van der Waals surface area contributed by atoms with Crippen LogP contribution in [-0.4, -0.2) is 48.5 Å². The third-order valence-corrected chi connectivity index (χ3v) is 3.41. The Bertz CT molecular complexity index is 387. The Hall–Kier alpha value is -0.970. The highest BCUT2D eigenvalue weighted by molar-refractivity contribution is 7.80. The molecule has 0 spiro atoms. The summed E-state index contributed by atoms with van der Waals surface area (Å²) in [6, 6.07) is 8.24. The van der Waals surface area contributed by atoms with Crippen molar-refractivity contribution in [1.29, 1.82) is 0 Å².